The van der Waals surface area contributed by atoms with Crippen molar-refractivity contribution in [3.63, 3.8) is 0 Å². The van der Waals surface area contributed by atoms with Gasteiger partial charge in [0.05, 0.1) is 11.8 Å². The largest absolute Gasteiger partial charge is 0.505 e. The lowest BCUT2D eigenvalue weighted by atomic mass is 10.2. The summed E-state index contributed by atoms with van der Waals surface area (Å²) in [6, 6.07) is 9.75. The summed E-state index contributed by atoms with van der Waals surface area (Å²) in [5.41, 5.74) is 0.446. The molecule has 0 aliphatic heterocycles. The molecule has 2 aromatic rings. The number of carbonyl (C=O) groups is 2. The molecule has 0 bridgehead atoms. The number of para-hydroxylation sites is 1. The SMILES string of the molecule is O=C(O)CN(C(=O)c1ccncc1O)c1ccccc1. The highest BCUT2D eigenvalue weighted by molar-refractivity contribution is 6.09. The molecule has 1 aromatic carbocycles. The fourth-order valence-electron chi connectivity index (χ4n) is 1.74. The number of amides is 1. The van der Waals surface area contributed by atoms with Crippen LogP contribution in [0.15, 0.2) is 48.8 Å². The third-order valence-electron chi connectivity index (χ3n) is 2.64. The molecule has 6 heteroatoms. The summed E-state index contributed by atoms with van der Waals surface area (Å²) >= 11 is 0. The van der Waals surface area contributed by atoms with Gasteiger partial charge in [0.2, 0.25) is 0 Å². The first kappa shape index (κ1) is 13.5. The van der Waals surface area contributed by atoms with Crippen LogP contribution >= 0.6 is 0 Å². The average molecular weight is 272 g/mol. The number of aliphatic carboxylic acids is 1. The highest BCUT2D eigenvalue weighted by Crippen LogP contribution is 2.21. The third kappa shape index (κ3) is 2.92. The summed E-state index contributed by atoms with van der Waals surface area (Å²) < 4.78 is 0. The number of benzene rings is 1. The molecule has 2 rings (SSSR count). The van der Waals surface area contributed by atoms with E-state index in [2.05, 4.69) is 4.98 Å². The van der Waals surface area contributed by atoms with Gasteiger partial charge in [-0.15, -0.1) is 0 Å². The van der Waals surface area contributed by atoms with E-state index < -0.39 is 18.4 Å². The summed E-state index contributed by atoms with van der Waals surface area (Å²) in [4.78, 5) is 28.1. The normalized spacial score (nSPS) is 10.0. The maximum absolute atomic E-state index is 12.4. The topological polar surface area (TPSA) is 90.7 Å². The molecule has 102 valence electrons. The van der Waals surface area contributed by atoms with Crippen molar-refractivity contribution < 1.29 is 19.8 Å². The maximum Gasteiger partial charge on any atom is 0.323 e. The van der Waals surface area contributed by atoms with Crippen molar-refractivity contribution in [2.24, 2.45) is 0 Å². The summed E-state index contributed by atoms with van der Waals surface area (Å²) in [6.45, 7) is -0.495. The molecule has 6 nitrogen and oxygen atoms in total. The summed E-state index contributed by atoms with van der Waals surface area (Å²) in [7, 11) is 0. The first-order valence-electron chi connectivity index (χ1n) is 5.81. The van der Waals surface area contributed by atoms with Crippen LogP contribution in [0.25, 0.3) is 0 Å². The molecule has 0 atom stereocenters. The maximum atomic E-state index is 12.4. The highest BCUT2D eigenvalue weighted by Gasteiger charge is 2.22. The van der Waals surface area contributed by atoms with E-state index in [9.17, 15) is 14.7 Å². The molecule has 20 heavy (non-hydrogen) atoms. The number of pyridine rings is 1. The third-order valence-corrected chi connectivity index (χ3v) is 2.64. The molecule has 0 saturated heterocycles. The van der Waals surface area contributed by atoms with Gasteiger partial charge in [0.1, 0.15) is 12.3 Å². The Morgan fingerprint density at radius 3 is 2.45 bits per heavy atom. The van der Waals surface area contributed by atoms with E-state index in [-0.39, 0.29) is 11.3 Å². The number of carboxylic acids is 1. The fraction of sp³-hybridized carbons (Fsp3) is 0.0714. The van der Waals surface area contributed by atoms with Gasteiger partial charge in [0.15, 0.2) is 0 Å². The van der Waals surface area contributed by atoms with Crippen LogP contribution in [0.2, 0.25) is 0 Å². The number of carbonyl (C=O) groups excluding carboxylic acids is 1. The second-order valence-electron chi connectivity index (χ2n) is 4.01. The molecule has 0 spiro atoms. The van der Waals surface area contributed by atoms with Crippen molar-refractivity contribution in [3.05, 3.63) is 54.4 Å². The van der Waals surface area contributed by atoms with Gasteiger partial charge in [-0.2, -0.15) is 0 Å². The standard InChI is InChI=1S/C14H12N2O4/c17-12-8-15-7-6-11(12)14(20)16(9-13(18)19)10-4-2-1-3-5-10/h1-8,17H,9H2,(H,18,19). The Morgan fingerprint density at radius 2 is 1.85 bits per heavy atom. The van der Waals surface area contributed by atoms with Crippen molar-refractivity contribution in [1.82, 2.24) is 4.98 Å². The smallest absolute Gasteiger partial charge is 0.323 e. The van der Waals surface area contributed by atoms with E-state index in [0.29, 0.717) is 5.69 Å². The Balaban J connectivity index is 2.40. The van der Waals surface area contributed by atoms with Gasteiger partial charge in [-0.1, -0.05) is 18.2 Å². The zero-order valence-electron chi connectivity index (χ0n) is 10.4. The number of hydrogen-bond donors (Lipinski definition) is 2. The summed E-state index contributed by atoms with van der Waals surface area (Å²) in [5.74, 6) is -2.03. The lowest BCUT2D eigenvalue weighted by Crippen LogP contribution is -2.35. The van der Waals surface area contributed by atoms with Crippen LogP contribution in [0, 0.1) is 0 Å². The van der Waals surface area contributed by atoms with Crippen molar-refractivity contribution in [3.8, 4) is 5.75 Å². The number of carboxylic acid groups (broad SMARTS) is 1. The van der Waals surface area contributed by atoms with Crippen LogP contribution in [0.4, 0.5) is 5.69 Å². The van der Waals surface area contributed by atoms with Gasteiger partial charge in [0, 0.05) is 11.9 Å². The number of anilines is 1. The Bertz CT molecular complexity index is 628. The Kier molecular flexibility index (Phi) is 3.95. The van der Waals surface area contributed by atoms with E-state index >= 15 is 0 Å². The fourth-order valence-corrected chi connectivity index (χ4v) is 1.74. The predicted molar refractivity (Wildman–Crippen MR) is 71.7 cm³/mol. The number of aromatic nitrogens is 1. The quantitative estimate of drug-likeness (QED) is 0.880. The molecule has 1 aromatic heterocycles. The molecule has 0 aliphatic carbocycles. The molecule has 0 radical (unpaired) electrons. The highest BCUT2D eigenvalue weighted by atomic mass is 16.4. The second kappa shape index (κ2) is 5.83. The lowest BCUT2D eigenvalue weighted by molar-refractivity contribution is -0.135. The molecule has 1 heterocycles. The van der Waals surface area contributed by atoms with E-state index in [1.165, 1.54) is 12.3 Å². The first-order valence-corrected chi connectivity index (χ1v) is 5.81. The van der Waals surface area contributed by atoms with Crippen LogP contribution in [0.3, 0.4) is 0 Å². The predicted octanol–water partition coefficient (Wildman–Crippen LogP) is 1.52. The van der Waals surface area contributed by atoms with E-state index in [1.54, 1.807) is 30.3 Å². The van der Waals surface area contributed by atoms with Crippen molar-refractivity contribution in [2.45, 2.75) is 0 Å². The Labute approximate surface area is 114 Å². The summed E-state index contributed by atoms with van der Waals surface area (Å²) in [6.07, 6.45) is 2.49. The van der Waals surface area contributed by atoms with Crippen molar-refractivity contribution >= 4 is 17.6 Å². The average Bonchev–Trinajstić information content (AvgIpc) is 2.45. The number of nitrogens with zero attached hydrogens (tertiary/aromatic N) is 2. The molecule has 2 N–H and O–H groups in total. The second-order valence-corrected chi connectivity index (χ2v) is 4.01. The zero-order chi connectivity index (χ0) is 14.5. The molecular formula is C14H12N2O4. The lowest BCUT2D eigenvalue weighted by Gasteiger charge is -2.21. The van der Waals surface area contributed by atoms with Crippen molar-refractivity contribution in [2.75, 3.05) is 11.4 Å². The monoisotopic (exact) mass is 272 g/mol. The molecule has 0 fully saturated rings. The van der Waals surface area contributed by atoms with Gasteiger partial charge >= 0.3 is 5.97 Å². The van der Waals surface area contributed by atoms with Crippen LogP contribution in [0.5, 0.6) is 5.75 Å². The zero-order valence-corrected chi connectivity index (χ0v) is 10.4. The van der Waals surface area contributed by atoms with Gasteiger partial charge in [0.25, 0.3) is 5.91 Å². The van der Waals surface area contributed by atoms with Crippen LogP contribution < -0.4 is 4.90 Å². The van der Waals surface area contributed by atoms with Crippen molar-refractivity contribution in [1.29, 1.82) is 0 Å². The van der Waals surface area contributed by atoms with Crippen LogP contribution in [-0.4, -0.2) is 33.6 Å². The number of aromatic hydroxyl groups is 1. The molecule has 1 amide bonds. The van der Waals surface area contributed by atoms with E-state index in [1.807, 2.05) is 0 Å². The van der Waals surface area contributed by atoms with E-state index in [4.69, 9.17) is 5.11 Å². The number of rotatable bonds is 4. The van der Waals surface area contributed by atoms with Gasteiger partial charge in [-0.25, -0.2) is 0 Å². The molecular weight excluding hydrogens is 260 g/mol. The van der Waals surface area contributed by atoms with Gasteiger partial charge in [-0.05, 0) is 18.2 Å². The summed E-state index contributed by atoms with van der Waals surface area (Å²) in [5, 5.41) is 18.6. The Morgan fingerprint density at radius 1 is 1.15 bits per heavy atom. The first-order chi connectivity index (χ1) is 9.59. The minimum Gasteiger partial charge on any atom is -0.505 e. The number of hydrogen-bond acceptors (Lipinski definition) is 4. The minimum atomic E-state index is -1.14. The molecule has 0 unspecified atom stereocenters. The van der Waals surface area contributed by atoms with Crippen LogP contribution in [-0.2, 0) is 4.79 Å². The van der Waals surface area contributed by atoms with Crippen LogP contribution in [0.1, 0.15) is 10.4 Å². The Hall–Kier alpha value is -2.89. The van der Waals surface area contributed by atoms with Gasteiger partial charge in [-0.3, -0.25) is 19.5 Å². The van der Waals surface area contributed by atoms with E-state index in [0.717, 1.165) is 11.1 Å². The molecule has 0 aliphatic rings. The minimum absolute atomic E-state index is 0.00473. The molecule has 0 saturated carbocycles. The van der Waals surface area contributed by atoms with Gasteiger partial charge < -0.3 is 10.2 Å².